The summed E-state index contributed by atoms with van der Waals surface area (Å²) in [5.74, 6) is 1.15. The molecule has 9 heteroatoms. The summed E-state index contributed by atoms with van der Waals surface area (Å²) >= 11 is 0. The van der Waals surface area contributed by atoms with Gasteiger partial charge >= 0.3 is 5.69 Å². The van der Waals surface area contributed by atoms with Gasteiger partial charge in [0.15, 0.2) is 0 Å². The molecule has 1 saturated heterocycles. The molecule has 0 amide bonds. The normalized spacial score (nSPS) is 24.0. The molecule has 2 aliphatic rings. The fourth-order valence-corrected chi connectivity index (χ4v) is 3.88. The predicted molar refractivity (Wildman–Crippen MR) is 99.8 cm³/mol. The van der Waals surface area contributed by atoms with Crippen molar-refractivity contribution in [1.82, 2.24) is 29.6 Å². The van der Waals surface area contributed by atoms with Crippen LogP contribution in [0.15, 0.2) is 29.5 Å². The molecule has 0 atom stereocenters. The van der Waals surface area contributed by atoms with Gasteiger partial charge in [0.2, 0.25) is 11.8 Å². The fraction of sp³-hybridized carbons (Fsp3) is 0.611. The molecule has 9 nitrogen and oxygen atoms in total. The fourth-order valence-electron chi connectivity index (χ4n) is 3.88. The molecule has 1 aliphatic carbocycles. The van der Waals surface area contributed by atoms with E-state index in [1.165, 1.54) is 10.9 Å². The van der Waals surface area contributed by atoms with E-state index in [2.05, 4.69) is 29.9 Å². The Hall–Kier alpha value is -2.55. The third kappa shape index (κ3) is 4.24. The zero-order chi connectivity index (χ0) is 18.6. The first-order valence-corrected chi connectivity index (χ1v) is 9.52. The molecule has 0 aromatic carbocycles. The van der Waals surface area contributed by atoms with Crippen molar-refractivity contribution in [3.05, 3.63) is 35.1 Å². The number of hydrogen-bond donors (Lipinski definition) is 0. The van der Waals surface area contributed by atoms with Gasteiger partial charge in [-0.3, -0.25) is 4.90 Å². The molecule has 3 heterocycles. The summed E-state index contributed by atoms with van der Waals surface area (Å²) in [7, 11) is 1.58. The van der Waals surface area contributed by atoms with E-state index in [1.54, 1.807) is 19.4 Å². The standard InChI is InChI=1S/C18H25N7O2/c1-23-18(26)22-16(13-21-23)27-15-5-3-14(4-6-15)24-9-11-25(12-10-24)17-19-7-2-8-20-17/h2,7-8,13-15H,3-6,9-12H2,1H3. The molecule has 0 spiro atoms. The Bertz CT molecular complexity index is 797. The van der Waals surface area contributed by atoms with E-state index in [1.807, 2.05) is 6.07 Å². The summed E-state index contributed by atoms with van der Waals surface area (Å²) in [5, 5.41) is 3.96. The number of nitrogens with zero attached hydrogens (tertiary/aromatic N) is 7. The average molecular weight is 371 g/mol. The lowest BCUT2D eigenvalue weighted by Gasteiger charge is -2.41. The van der Waals surface area contributed by atoms with Crippen molar-refractivity contribution in [1.29, 1.82) is 0 Å². The van der Waals surface area contributed by atoms with Crippen LogP contribution in [0.3, 0.4) is 0 Å². The minimum atomic E-state index is -0.388. The van der Waals surface area contributed by atoms with E-state index in [9.17, 15) is 4.79 Å². The van der Waals surface area contributed by atoms with Gasteiger partial charge in [0.25, 0.3) is 0 Å². The van der Waals surface area contributed by atoms with Crippen LogP contribution in [-0.4, -0.2) is 68.0 Å². The van der Waals surface area contributed by atoms with Gasteiger partial charge in [-0.1, -0.05) is 0 Å². The van der Waals surface area contributed by atoms with Crippen LogP contribution < -0.4 is 15.3 Å². The minimum Gasteiger partial charge on any atom is -0.473 e. The Kier molecular flexibility index (Phi) is 5.28. The van der Waals surface area contributed by atoms with Crippen LogP contribution >= 0.6 is 0 Å². The maximum atomic E-state index is 11.6. The molecule has 0 N–H and O–H groups in total. The van der Waals surface area contributed by atoms with E-state index >= 15 is 0 Å². The van der Waals surface area contributed by atoms with Gasteiger partial charge in [0.05, 0.1) is 0 Å². The Morgan fingerprint density at radius 2 is 1.74 bits per heavy atom. The maximum absolute atomic E-state index is 11.6. The summed E-state index contributed by atoms with van der Waals surface area (Å²) in [6.07, 6.45) is 9.37. The number of anilines is 1. The quantitative estimate of drug-likeness (QED) is 0.767. The van der Waals surface area contributed by atoms with E-state index in [0.717, 1.165) is 57.8 Å². The van der Waals surface area contributed by atoms with Gasteiger partial charge < -0.3 is 9.64 Å². The summed E-state index contributed by atoms with van der Waals surface area (Å²) in [4.78, 5) is 29.0. The van der Waals surface area contributed by atoms with Crippen LogP contribution in [0.1, 0.15) is 25.7 Å². The molecule has 0 bridgehead atoms. The van der Waals surface area contributed by atoms with Crippen molar-refractivity contribution in [2.75, 3.05) is 31.1 Å². The van der Waals surface area contributed by atoms with E-state index in [4.69, 9.17) is 4.74 Å². The largest absolute Gasteiger partial charge is 0.473 e. The number of rotatable bonds is 4. The van der Waals surface area contributed by atoms with Crippen LogP contribution in [0.2, 0.25) is 0 Å². The highest BCUT2D eigenvalue weighted by Gasteiger charge is 2.29. The summed E-state index contributed by atoms with van der Waals surface area (Å²) in [6.45, 7) is 4.00. The lowest BCUT2D eigenvalue weighted by atomic mass is 9.91. The average Bonchev–Trinajstić information content (AvgIpc) is 2.72. The van der Waals surface area contributed by atoms with Crippen molar-refractivity contribution in [2.24, 2.45) is 7.05 Å². The highest BCUT2D eigenvalue weighted by Crippen LogP contribution is 2.26. The second-order valence-electron chi connectivity index (χ2n) is 7.12. The Labute approximate surface area is 158 Å². The Balaban J connectivity index is 1.25. The zero-order valence-electron chi connectivity index (χ0n) is 15.6. The molecule has 0 radical (unpaired) electrons. The summed E-state index contributed by atoms with van der Waals surface area (Å²) in [6, 6.07) is 2.44. The number of hydrogen-bond acceptors (Lipinski definition) is 8. The van der Waals surface area contributed by atoms with Crippen molar-refractivity contribution in [2.45, 2.75) is 37.8 Å². The minimum absolute atomic E-state index is 0.113. The number of ether oxygens (including phenoxy) is 1. The van der Waals surface area contributed by atoms with Gasteiger partial charge in [-0.05, 0) is 31.7 Å². The highest BCUT2D eigenvalue weighted by molar-refractivity contribution is 5.29. The molecule has 2 aromatic rings. The molecular formula is C18H25N7O2. The second kappa shape index (κ2) is 7.99. The Morgan fingerprint density at radius 1 is 1.04 bits per heavy atom. The van der Waals surface area contributed by atoms with Crippen LogP contribution in [-0.2, 0) is 7.05 Å². The molecule has 144 valence electrons. The molecule has 0 unspecified atom stereocenters. The molecule has 1 saturated carbocycles. The lowest BCUT2D eigenvalue weighted by Crippen LogP contribution is -2.52. The SMILES string of the molecule is Cn1ncc(OC2CCC(N3CCN(c4ncccn4)CC3)CC2)nc1=O. The van der Waals surface area contributed by atoms with Gasteiger partial charge in [-0.15, -0.1) is 0 Å². The Morgan fingerprint density at radius 3 is 2.41 bits per heavy atom. The van der Waals surface area contributed by atoms with Crippen molar-refractivity contribution < 1.29 is 4.74 Å². The van der Waals surface area contributed by atoms with E-state index in [0.29, 0.717) is 11.9 Å². The molecule has 2 aromatic heterocycles. The highest BCUT2D eigenvalue weighted by atomic mass is 16.5. The van der Waals surface area contributed by atoms with Crippen LogP contribution in [0.25, 0.3) is 0 Å². The first-order chi connectivity index (χ1) is 13.2. The van der Waals surface area contributed by atoms with Gasteiger partial charge in [-0.2, -0.15) is 10.1 Å². The molecular weight excluding hydrogens is 346 g/mol. The molecule has 1 aliphatic heterocycles. The zero-order valence-corrected chi connectivity index (χ0v) is 15.6. The number of piperazine rings is 1. The number of aromatic nitrogens is 5. The van der Waals surface area contributed by atoms with Gasteiger partial charge in [-0.25, -0.2) is 19.4 Å². The first-order valence-electron chi connectivity index (χ1n) is 9.52. The summed E-state index contributed by atoms with van der Waals surface area (Å²) in [5.41, 5.74) is -0.388. The smallest absolute Gasteiger partial charge is 0.367 e. The number of aryl methyl sites for hydroxylation is 1. The third-order valence-electron chi connectivity index (χ3n) is 5.42. The van der Waals surface area contributed by atoms with Crippen LogP contribution in [0.5, 0.6) is 5.88 Å². The van der Waals surface area contributed by atoms with Crippen LogP contribution in [0.4, 0.5) is 5.95 Å². The monoisotopic (exact) mass is 371 g/mol. The predicted octanol–water partition coefficient (Wildman–Crippen LogP) is 0.477. The second-order valence-corrected chi connectivity index (χ2v) is 7.12. The van der Waals surface area contributed by atoms with Crippen molar-refractivity contribution in [3.63, 3.8) is 0 Å². The van der Waals surface area contributed by atoms with Gasteiger partial charge in [0, 0.05) is 51.7 Å². The van der Waals surface area contributed by atoms with Crippen molar-refractivity contribution >= 4 is 5.95 Å². The first kappa shape index (κ1) is 17.8. The van der Waals surface area contributed by atoms with Crippen LogP contribution in [0, 0.1) is 0 Å². The van der Waals surface area contributed by atoms with E-state index in [-0.39, 0.29) is 11.8 Å². The van der Waals surface area contributed by atoms with Gasteiger partial charge in [0.1, 0.15) is 12.3 Å². The van der Waals surface area contributed by atoms with E-state index < -0.39 is 0 Å². The maximum Gasteiger partial charge on any atom is 0.367 e. The third-order valence-corrected chi connectivity index (χ3v) is 5.42. The molecule has 27 heavy (non-hydrogen) atoms. The summed E-state index contributed by atoms with van der Waals surface area (Å²) < 4.78 is 7.07. The topological polar surface area (TPSA) is 89.3 Å². The lowest BCUT2D eigenvalue weighted by molar-refractivity contribution is 0.0811. The van der Waals surface area contributed by atoms with Crippen molar-refractivity contribution in [3.8, 4) is 5.88 Å². The molecule has 4 rings (SSSR count). The molecule has 2 fully saturated rings.